The first kappa shape index (κ1) is 19.9. The van der Waals surface area contributed by atoms with Gasteiger partial charge < -0.3 is 14.5 Å². The highest BCUT2D eigenvalue weighted by Crippen LogP contribution is 2.21. The molecule has 0 bridgehead atoms. The van der Waals surface area contributed by atoms with E-state index >= 15 is 0 Å². The van der Waals surface area contributed by atoms with Crippen LogP contribution in [0.15, 0.2) is 24.3 Å². The Bertz CT molecular complexity index is 743. The molecule has 1 aromatic carbocycles. The van der Waals surface area contributed by atoms with Crippen molar-refractivity contribution in [1.82, 2.24) is 9.80 Å². The first-order chi connectivity index (χ1) is 12.9. The first-order valence-corrected chi connectivity index (χ1v) is 11.3. The predicted octanol–water partition coefficient (Wildman–Crippen LogP) is 0.853. The molecule has 0 aliphatic carbocycles. The van der Waals surface area contributed by atoms with Gasteiger partial charge in [-0.1, -0.05) is 0 Å². The molecular weight excluding hydrogens is 366 g/mol. The van der Waals surface area contributed by atoms with Crippen molar-refractivity contribution < 1.29 is 17.9 Å². The minimum absolute atomic E-state index is 0.0367. The second kappa shape index (κ2) is 8.48. The fourth-order valence-corrected chi connectivity index (χ4v) is 5.51. The molecule has 2 aliphatic rings. The molecule has 7 nitrogen and oxygen atoms in total. The molecule has 0 spiro atoms. The van der Waals surface area contributed by atoms with E-state index in [0.29, 0.717) is 12.8 Å². The zero-order chi connectivity index (χ0) is 19.4. The Balaban J connectivity index is 1.42. The molecule has 1 amide bonds. The largest absolute Gasteiger partial charge is 0.497 e. The topological polar surface area (TPSA) is 70.2 Å². The average molecular weight is 396 g/mol. The lowest BCUT2D eigenvalue weighted by Crippen LogP contribution is -2.47. The lowest BCUT2D eigenvalue weighted by Gasteiger charge is -2.36. The zero-order valence-corrected chi connectivity index (χ0v) is 17.0. The lowest BCUT2D eigenvalue weighted by molar-refractivity contribution is -0.131. The molecule has 2 aliphatic heterocycles. The van der Waals surface area contributed by atoms with Crippen LogP contribution in [0.3, 0.4) is 0 Å². The number of benzene rings is 1. The second-order valence-electron chi connectivity index (χ2n) is 7.34. The van der Waals surface area contributed by atoms with Gasteiger partial charge >= 0.3 is 0 Å². The molecule has 0 saturated carbocycles. The van der Waals surface area contributed by atoms with E-state index in [1.807, 2.05) is 12.1 Å². The van der Waals surface area contributed by atoms with E-state index in [-0.39, 0.29) is 23.5 Å². The van der Waals surface area contributed by atoms with Crippen LogP contribution in [-0.4, -0.2) is 88.6 Å². The number of carbonyl (C=O) groups is 1. The van der Waals surface area contributed by atoms with E-state index in [1.54, 1.807) is 19.1 Å². The van der Waals surface area contributed by atoms with Gasteiger partial charge in [0, 0.05) is 57.9 Å². The minimum Gasteiger partial charge on any atom is -0.497 e. The van der Waals surface area contributed by atoms with E-state index in [2.05, 4.69) is 21.9 Å². The van der Waals surface area contributed by atoms with Crippen LogP contribution in [0.4, 0.5) is 5.69 Å². The molecule has 150 valence electrons. The molecule has 2 heterocycles. The van der Waals surface area contributed by atoms with E-state index in [1.165, 1.54) is 5.69 Å². The van der Waals surface area contributed by atoms with Crippen molar-refractivity contribution in [2.75, 3.05) is 63.3 Å². The highest BCUT2D eigenvalue weighted by atomic mass is 32.2. The maximum Gasteiger partial charge on any atom is 0.223 e. The number of rotatable bonds is 6. The molecule has 2 fully saturated rings. The van der Waals surface area contributed by atoms with Gasteiger partial charge in [-0.05, 0) is 30.7 Å². The quantitative estimate of drug-likeness (QED) is 0.711. The van der Waals surface area contributed by atoms with Gasteiger partial charge in [0.05, 0.1) is 18.6 Å². The molecule has 8 heteroatoms. The predicted molar refractivity (Wildman–Crippen MR) is 106 cm³/mol. The van der Waals surface area contributed by atoms with Crippen molar-refractivity contribution in [1.29, 1.82) is 0 Å². The SMILES string of the molecule is COc1ccc(N2CCN(CCC(=O)N(C)C3CCS(=O)(=O)C3)CC2)cc1. The number of ether oxygens (including phenoxy) is 1. The van der Waals surface area contributed by atoms with E-state index in [4.69, 9.17) is 4.74 Å². The third-order valence-corrected chi connectivity index (χ3v) is 7.35. The van der Waals surface area contributed by atoms with E-state index < -0.39 is 9.84 Å². The van der Waals surface area contributed by atoms with Gasteiger partial charge in [-0.25, -0.2) is 8.42 Å². The number of nitrogens with zero attached hydrogens (tertiary/aromatic N) is 3. The van der Waals surface area contributed by atoms with Gasteiger partial charge in [0.2, 0.25) is 5.91 Å². The fourth-order valence-electron chi connectivity index (χ4n) is 3.74. The Morgan fingerprint density at radius 1 is 1.19 bits per heavy atom. The smallest absolute Gasteiger partial charge is 0.223 e. The van der Waals surface area contributed by atoms with Crippen molar-refractivity contribution in [3.63, 3.8) is 0 Å². The van der Waals surface area contributed by atoms with Crippen LogP contribution in [0.5, 0.6) is 5.75 Å². The van der Waals surface area contributed by atoms with Crippen molar-refractivity contribution >= 4 is 21.4 Å². The minimum atomic E-state index is -2.96. The zero-order valence-electron chi connectivity index (χ0n) is 16.1. The third-order valence-electron chi connectivity index (χ3n) is 5.60. The van der Waals surface area contributed by atoms with Crippen molar-refractivity contribution in [3.8, 4) is 5.75 Å². The van der Waals surface area contributed by atoms with Gasteiger partial charge in [-0.2, -0.15) is 0 Å². The highest BCUT2D eigenvalue weighted by Gasteiger charge is 2.32. The molecule has 3 rings (SSSR count). The number of hydrogen-bond acceptors (Lipinski definition) is 6. The Kier molecular flexibility index (Phi) is 6.26. The summed E-state index contributed by atoms with van der Waals surface area (Å²) in [5.74, 6) is 1.20. The summed E-state index contributed by atoms with van der Waals surface area (Å²) in [6.45, 7) is 4.41. The molecular formula is C19H29N3O4S. The van der Waals surface area contributed by atoms with Gasteiger partial charge in [-0.3, -0.25) is 9.69 Å². The summed E-state index contributed by atoms with van der Waals surface area (Å²) in [4.78, 5) is 18.7. The molecule has 27 heavy (non-hydrogen) atoms. The Morgan fingerprint density at radius 2 is 1.85 bits per heavy atom. The normalized spacial score (nSPS) is 22.6. The first-order valence-electron chi connectivity index (χ1n) is 9.45. The number of sulfone groups is 1. The fraction of sp³-hybridized carbons (Fsp3) is 0.632. The third kappa shape index (κ3) is 5.13. The number of carbonyl (C=O) groups excluding carboxylic acids is 1. The molecule has 0 N–H and O–H groups in total. The summed E-state index contributed by atoms with van der Waals surface area (Å²) in [6.07, 6.45) is 1.00. The van der Waals surface area contributed by atoms with Crippen LogP contribution < -0.4 is 9.64 Å². The van der Waals surface area contributed by atoms with Gasteiger partial charge in [0.25, 0.3) is 0 Å². The molecule has 1 atom stereocenters. The van der Waals surface area contributed by atoms with Gasteiger partial charge in [-0.15, -0.1) is 0 Å². The number of amides is 1. The van der Waals surface area contributed by atoms with Crippen LogP contribution in [-0.2, 0) is 14.6 Å². The lowest BCUT2D eigenvalue weighted by atomic mass is 10.2. The maximum atomic E-state index is 12.4. The van der Waals surface area contributed by atoms with E-state index in [9.17, 15) is 13.2 Å². The summed E-state index contributed by atoms with van der Waals surface area (Å²) < 4.78 is 28.4. The van der Waals surface area contributed by atoms with Crippen LogP contribution in [0.25, 0.3) is 0 Å². The molecule has 1 aromatic rings. The summed E-state index contributed by atoms with van der Waals surface area (Å²) in [5, 5.41) is 0. The van der Waals surface area contributed by atoms with Crippen LogP contribution in [0, 0.1) is 0 Å². The van der Waals surface area contributed by atoms with Crippen LogP contribution in [0.2, 0.25) is 0 Å². The summed E-state index contributed by atoms with van der Waals surface area (Å²) in [5.41, 5.74) is 1.19. The monoisotopic (exact) mass is 395 g/mol. The van der Waals surface area contributed by atoms with Gasteiger partial charge in [0.15, 0.2) is 9.84 Å². The van der Waals surface area contributed by atoms with Crippen molar-refractivity contribution in [2.24, 2.45) is 0 Å². The Hall–Kier alpha value is -1.80. The van der Waals surface area contributed by atoms with Crippen LogP contribution in [0.1, 0.15) is 12.8 Å². The molecule has 1 unspecified atom stereocenters. The summed E-state index contributed by atoms with van der Waals surface area (Å²) >= 11 is 0. The highest BCUT2D eigenvalue weighted by molar-refractivity contribution is 7.91. The standard InChI is InChI=1S/C19H29N3O4S/c1-20(17-8-14-27(24,25)15-17)19(23)7-9-21-10-12-22(13-11-21)16-3-5-18(26-2)6-4-16/h3-6,17H,7-15H2,1-2H3. The van der Waals surface area contributed by atoms with Crippen molar-refractivity contribution in [3.05, 3.63) is 24.3 Å². The number of hydrogen-bond donors (Lipinski definition) is 0. The summed E-state index contributed by atoms with van der Waals surface area (Å²) in [6, 6.07) is 7.93. The van der Waals surface area contributed by atoms with Gasteiger partial charge in [0.1, 0.15) is 5.75 Å². The van der Waals surface area contributed by atoms with E-state index in [0.717, 1.165) is 38.5 Å². The Labute approximate surface area is 161 Å². The number of methoxy groups -OCH3 is 1. The molecule has 2 saturated heterocycles. The van der Waals surface area contributed by atoms with Crippen molar-refractivity contribution in [2.45, 2.75) is 18.9 Å². The number of piperazine rings is 1. The second-order valence-corrected chi connectivity index (χ2v) is 9.57. The molecule has 0 aromatic heterocycles. The maximum absolute atomic E-state index is 12.4. The van der Waals surface area contributed by atoms with Crippen LogP contribution >= 0.6 is 0 Å². The number of anilines is 1. The average Bonchev–Trinajstić information content (AvgIpc) is 3.05. The Morgan fingerprint density at radius 3 is 2.41 bits per heavy atom. The molecule has 0 radical (unpaired) electrons. The summed E-state index contributed by atoms with van der Waals surface area (Å²) in [7, 11) is 0.432.